The third kappa shape index (κ3) is 5.10. The van der Waals surface area contributed by atoms with Gasteiger partial charge in [0.25, 0.3) is 0 Å². The standard InChI is InChI=1S/C53H36N2/c1-53(2)47-18-10-17-45(51(47)46-30-35-14-6-7-15-36(35)31-48(46)53)50-32-49(54-52(55-50)34-12-4-3-5-13-34)42-24-22-38-27-37(20-21-39(38)29-42)40-25-26-44-41(28-40)23-19-33-11-8-9-16-43(33)44/h3-32H,1-2H3. The molecule has 0 amide bonds. The second-order valence-electron chi connectivity index (χ2n) is 15.4. The Morgan fingerprint density at radius 2 is 0.927 bits per heavy atom. The van der Waals surface area contributed by atoms with E-state index in [4.69, 9.17) is 9.97 Å². The monoisotopic (exact) mass is 700 g/mol. The van der Waals surface area contributed by atoms with Gasteiger partial charge in [0.15, 0.2) is 5.82 Å². The maximum atomic E-state index is 5.29. The summed E-state index contributed by atoms with van der Waals surface area (Å²) in [6.07, 6.45) is 0. The van der Waals surface area contributed by atoms with Gasteiger partial charge in [-0.3, -0.25) is 0 Å². The van der Waals surface area contributed by atoms with Crippen molar-refractivity contribution in [3.05, 3.63) is 193 Å². The molecule has 2 nitrogen and oxygen atoms in total. The zero-order chi connectivity index (χ0) is 36.7. The summed E-state index contributed by atoms with van der Waals surface area (Å²) in [4.78, 5) is 10.5. The van der Waals surface area contributed by atoms with Crippen molar-refractivity contribution in [3.63, 3.8) is 0 Å². The summed E-state index contributed by atoms with van der Waals surface area (Å²) in [6.45, 7) is 4.69. The van der Waals surface area contributed by atoms with Gasteiger partial charge in [-0.1, -0.05) is 159 Å². The molecule has 55 heavy (non-hydrogen) atoms. The molecule has 0 atom stereocenters. The predicted molar refractivity (Wildman–Crippen MR) is 231 cm³/mol. The Morgan fingerprint density at radius 1 is 0.345 bits per heavy atom. The van der Waals surface area contributed by atoms with E-state index >= 15 is 0 Å². The summed E-state index contributed by atoms with van der Waals surface area (Å²) < 4.78 is 0. The van der Waals surface area contributed by atoms with Crippen molar-refractivity contribution < 1.29 is 0 Å². The van der Waals surface area contributed by atoms with Crippen LogP contribution in [0.4, 0.5) is 0 Å². The fraction of sp³-hybridized carbons (Fsp3) is 0.0566. The van der Waals surface area contributed by atoms with E-state index in [2.05, 4.69) is 190 Å². The third-order valence-electron chi connectivity index (χ3n) is 11.8. The maximum Gasteiger partial charge on any atom is 0.160 e. The van der Waals surface area contributed by atoms with Crippen LogP contribution >= 0.6 is 0 Å². The molecule has 258 valence electrons. The molecule has 0 radical (unpaired) electrons. The molecule has 10 aromatic rings. The fourth-order valence-corrected chi connectivity index (χ4v) is 8.91. The minimum absolute atomic E-state index is 0.138. The number of benzene rings is 9. The quantitative estimate of drug-likeness (QED) is 0.171. The van der Waals surface area contributed by atoms with Crippen LogP contribution in [-0.2, 0) is 5.41 Å². The third-order valence-corrected chi connectivity index (χ3v) is 11.8. The van der Waals surface area contributed by atoms with Gasteiger partial charge in [0.2, 0.25) is 0 Å². The van der Waals surface area contributed by atoms with E-state index in [0.29, 0.717) is 0 Å². The van der Waals surface area contributed by atoms with Crippen LogP contribution in [0.5, 0.6) is 0 Å². The van der Waals surface area contributed by atoms with Crippen LogP contribution in [0.1, 0.15) is 25.0 Å². The van der Waals surface area contributed by atoms with E-state index in [-0.39, 0.29) is 5.41 Å². The molecule has 11 rings (SSSR count). The van der Waals surface area contributed by atoms with Crippen LogP contribution in [0, 0.1) is 0 Å². The van der Waals surface area contributed by atoms with Crippen LogP contribution in [0.2, 0.25) is 0 Å². The number of hydrogen-bond donors (Lipinski definition) is 0. The molecule has 2 heteroatoms. The topological polar surface area (TPSA) is 25.8 Å². The summed E-state index contributed by atoms with van der Waals surface area (Å²) in [5.74, 6) is 0.723. The Kier molecular flexibility index (Phi) is 6.93. The minimum Gasteiger partial charge on any atom is -0.228 e. The molecule has 0 unspecified atom stereocenters. The first kappa shape index (κ1) is 31.6. The van der Waals surface area contributed by atoms with Gasteiger partial charge in [-0.05, 0) is 113 Å². The molecule has 9 aromatic carbocycles. The highest BCUT2D eigenvalue weighted by molar-refractivity contribution is 6.08. The Hall–Kier alpha value is -6.90. The smallest absolute Gasteiger partial charge is 0.160 e. The van der Waals surface area contributed by atoms with E-state index in [0.717, 1.165) is 33.9 Å². The van der Waals surface area contributed by atoms with Gasteiger partial charge in [-0.25, -0.2) is 9.97 Å². The lowest BCUT2D eigenvalue weighted by atomic mass is 9.81. The normalized spacial score (nSPS) is 13.1. The van der Waals surface area contributed by atoms with Crippen LogP contribution in [0.3, 0.4) is 0 Å². The van der Waals surface area contributed by atoms with Crippen molar-refractivity contribution in [1.82, 2.24) is 9.97 Å². The summed E-state index contributed by atoms with van der Waals surface area (Å²) in [7, 11) is 0. The number of hydrogen-bond acceptors (Lipinski definition) is 2. The van der Waals surface area contributed by atoms with Crippen LogP contribution in [-0.4, -0.2) is 9.97 Å². The molecule has 0 saturated carbocycles. The summed E-state index contributed by atoms with van der Waals surface area (Å²) in [6, 6.07) is 66.1. The van der Waals surface area contributed by atoms with Crippen molar-refractivity contribution >= 4 is 43.1 Å². The Bertz CT molecular complexity index is 3170. The van der Waals surface area contributed by atoms with Crippen LogP contribution < -0.4 is 0 Å². The zero-order valence-electron chi connectivity index (χ0n) is 30.7. The van der Waals surface area contributed by atoms with Crippen molar-refractivity contribution in [2.75, 3.05) is 0 Å². The summed E-state index contributed by atoms with van der Waals surface area (Å²) in [5.41, 5.74) is 12.6. The lowest BCUT2D eigenvalue weighted by Gasteiger charge is -2.22. The molecular weight excluding hydrogens is 665 g/mol. The average molecular weight is 701 g/mol. The second kappa shape index (κ2) is 12.1. The highest BCUT2D eigenvalue weighted by Gasteiger charge is 2.37. The van der Waals surface area contributed by atoms with Crippen molar-refractivity contribution in [2.45, 2.75) is 19.3 Å². The van der Waals surface area contributed by atoms with Crippen molar-refractivity contribution in [1.29, 1.82) is 0 Å². The zero-order valence-corrected chi connectivity index (χ0v) is 30.7. The number of nitrogens with zero attached hydrogens (tertiary/aromatic N) is 2. The molecular formula is C53H36N2. The number of aromatic nitrogens is 2. The van der Waals surface area contributed by atoms with Gasteiger partial charge < -0.3 is 0 Å². The van der Waals surface area contributed by atoms with Gasteiger partial charge >= 0.3 is 0 Å². The molecule has 0 aliphatic heterocycles. The second-order valence-corrected chi connectivity index (χ2v) is 15.4. The van der Waals surface area contributed by atoms with E-state index in [1.165, 1.54) is 76.5 Å². The molecule has 0 fully saturated rings. The highest BCUT2D eigenvalue weighted by Crippen LogP contribution is 2.53. The lowest BCUT2D eigenvalue weighted by Crippen LogP contribution is -2.14. The first-order valence-corrected chi connectivity index (χ1v) is 19.1. The van der Waals surface area contributed by atoms with Gasteiger partial charge in [0.05, 0.1) is 11.4 Å². The largest absolute Gasteiger partial charge is 0.228 e. The molecule has 0 saturated heterocycles. The molecule has 1 aliphatic rings. The van der Waals surface area contributed by atoms with Gasteiger partial charge in [0.1, 0.15) is 0 Å². The first-order valence-electron chi connectivity index (χ1n) is 19.1. The van der Waals surface area contributed by atoms with Crippen molar-refractivity contribution in [3.8, 4) is 56.2 Å². The predicted octanol–water partition coefficient (Wildman–Crippen LogP) is 14.1. The first-order chi connectivity index (χ1) is 27.0. The molecule has 0 spiro atoms. The van der Waals surface area contributed by atoms with E-state index in [1.807, 2.05) is 6.07 Å². The average Bonchev–Trinajstić information content (AvgIpc) is 3.47. The van der Waals surface area contributed by atoms with E-state index in [9.17, 15) is 0 Å². The maximum absolute atomic E-state index is 5.29. The van der Waals surface area contributed by atoms with E-state index < -0.39 is 0 Å². The van der Waals surface area contributed by atoms with Gasteiger partial charge in [-0.2, -0.15) is 0 Å². The molecule has 0 N–H and O–H groups in total. The molecule has 1 aromatic heterocycles. The SMILES string of the molecule is CC1(C)c2cc3ccccc3cc2-c2c(-c3cc(-c4ccc5cc(-c6ccc7c(ccc8ccccc87)c6)ccc5c4)nc(-c4ccccc4)n3)cccc21. The summed E-state index contributed by atoms with van der Waals surface area (Å²) in [5, 5.41) is 10.0. The molecule has 1 heterocycles. The molecule has 1 aliphatic carbocycles. The number of rotatable bonds is 4. The van der Waals surface area contributed by atoms with E-state index in [1.54, 1.807) is 0 Å². The van der Waals surface area contributed by atoms with Gasteiger partial charge in [-0.15, -0.1) is 0 Å². The van der Waals surface area contributed by atoms with Crippen LogP contribution in [0.25, 0.3) is 99.2 Å². The van der Waals surface area contributed by atoms with Gasteiger partial charge in [0, 0.05) is 22.1 Å². The fourth-order valence-electron chi connectivity index (χ4n) is 8.91. The van der Waals surface area contributed by atoms with Crippen molar-refractivity contribution in [2.24, 2.45) is 0 Å². The number of fused-ring (bicyclic) bond motifs is 8. The summed E-state index contributed by atoms with van der Waals surface area (Å²) >= 11 is 0. The Balaban J connectivity index is 1.03. The van der Waals surface area contributed by atoms with Crippen LogP contribution in [0.15, 0.2) is 182 Å². The minimum atomic E-state index is -0.138. The Morgan fingerprint density at radius 3 is 1.75 bits per heavy atom. The lowest BCUT2D eigenvalue weighted by molar-refractivity contribution is 0.661. The highest BCUT2D eigenvalue weighted by atomic mass is 14.9. The Labute approximate surface area is 320 Å². The molecule has 0 bridgehead atoms.